The van der Waals surface area contributed by atoms with E-state index in [0.29, 0.717) is 18.4 Å². The van der Waals surface area contributed by atoms with Crippen molar-refractivity contribution in [1.82, 2.24) is 0 Å². The zero-order valence-electron chi connectivity index (χ0n) is 10.1. The normalized spacial score (nSPS) is 11.2. The lowest BCUT2D eigenvalue weighted by Crippen LogP contribution is -2.31. The Morgan fingerprint density at radius 3 is 2.50 bits per heavy atom. The summed E-state index contributed by atoms with van der Waals surface area (Å²) >= 11 is 0. The molecule has 3 nitrogen and oxygen atoms in total. The summed E-state index contributed by atoms with van der Waals surface area (Å²) in [4.78, 5) is 11.6. The highest BCUT2D eigenvalue weighted by molar-refractivity contribution is 5.87. The van der Waals surface area contributed by atoms with Crippen LogP contribution in [0.4, 0.5) is 0 Å². The molecule has 0 spiro atoms. The second kappa shape index (κ2) is 5.01. The van der Waals surface area contributed by atoms with Crippen molar-refractivity contribution in [3.8, 4) is 0 Å². The summed E-state index contributed by atoms with van der Waals surface area (Å²) < 4.78 is 10.6. The smallest absolute Gasteiger partial charge is 0.333 e. The minimum Gasteiger partial charge on any atom is -0.472 e. The van der Waals surface area contributed by atoms with E-state index in [1.807, 2.05) is 19.9 Å². The third-order valence-electron chi connectivity index (χ3n) is 2.83. The first kappa shape index (κ1) is 12.6. The highest BCUT2D eigenvalue weighted by atomic mass is 16.6. The average molecular weight is 222 g/mol. The van der Waals surface area contributed by atoms with Gasteiger partial charge in [0.25, 0.3) is 0 Å². The van der Waals surface area contributed by atoms with Gasteiger partial charge in [-0.2, -0.15) is 0 Å². The van der Waals surface area contributed by atoms with Crippen LogP contribution in [0.15, 0.2) is 35.2 Å². The average Bonchev–Trinajstić information content (AvgIpc) is 2.79. The molecule has 0 fully saturated rings. The van der Waals surface area contributed by atoms with E-state index >= 15 is 0 Å². The summed E-state index contributed by atoms with van der Waals surface area (Å²) in [6.07, 6.45) is 4.63. The minimum atomic E-state index is -0.594. The van der Waals surface area contributed by atoms with E-state index in [9.17, 15) is 4.79 Å². The second-order valence-electron chi connectivity index (χ2n) is 3.88. The van der Waals surface area contributed by atoms with Gasteiger partial charge in [-0.15, -0.1) is 0 Å². The summed E-state index contributed by atoms with van der Waals surface area (Å²) in [5.74, 6) is -0.357. The molecule has 16 heavy (non-hydrogen) atoms. The Balaban J connectivity index is 2.98. The molecule has 88 valence electrons. The Labute approximate surface area is 96.1 Å². The second-order valence-corrected chi connectivity index (χ2v) is 3.88. The third-order valence-corrected chi connectivity index (χ3v) is 2.83. The van der Waals surface area contributed by atoms with Gasteiger partial charge in [-0.1, -0.05) is 20.4 Å². The van der Waals surface area contributed by atoms with Crippen LogP contribution in [-0.4, -0.2) is 5.97 Å². The fraction of sp³-hybridized carbons (Fsp3) is 0.462. The molecule has 0 N–H and O–H groups in total. The van der Waals surface area contributed by atoms with Gasteiger partial charge in [-0.05, 0) is 25.8 Å². The van der Waals surface area contributed by atoms with Crippen molar-refractivity contribution in [3.63, 3.8) is 0 Å². The van der Waals surface area contributed by atoms with Gasteiger partial charge >= 0.3 is 5.97 Å². The zero-order valence-corrected chi connectivity index (χ0v) is 10.1. The van der Waals surface area contributed by atoms with Crippen LogP contribution in [0, 0.1) is 0 Å². The first-order valence-corrected chi connectivity index (χ1v) is 5.47. The van der Waals surface area contributed by atoms with Crippen molar-refractivity contribution in [2.24, 2.45) is 0 Å². The van der Waals surface area contributed by atoms with Crippen LogP contribution < -0.4 is 0 Å². The van der Waals surface area contributed by atoms with Gasteiger partial charge in [0.2, 0.25) is 0 Å². The largest absolute Gasteiger partial charge is 0.472 e. The van der Waals surface area contributed by atoms with Crippen molar-refractivity contribution in [2.45, 2.75) is 39.2 Å². The standard InChI is InChI=1S/C13H18O3/c1-5-13(6-2,11-7-8-15-9-11)16-12(14)10(3)4/h7-9H,3,5-6H2,1-2,4H3. The fourth-order valence-electron chi connectivity index (χ4n) is 1.65. The van der Waals surface area contributed by atoms with Crippen LogP contribution >= 0.6 is 0 Å². The maximum atomic E-state index is 11.6. The summed E-state index contributed by atoms with van der Waals surface area (Å²) in [5.41, 5.74) is 0.713. The molecule has 0 aromatic carbocycles. The van der Waals surface area contributed by atoms with Gasteiger partial charge in [-0.3, -0.25) is 0 Å². The van der Waals surface area contributed by atoms with Crippen molar-refractivity contribution in [1.29, 1.82) is 0 Å². The summed E-state index contributed by atoms with van der Waals surface area (Å²) in [5, 5.41) is 0. The molecule has 0 aliphatic carbocycles. The Morgan fingerprint density at radius 2 is 2.12 bits per heavy atom. The Bertz CT molecular complexity index is 359. The van der Waals surface area contributed by atoms with Crippen LogP contribution in [0.3, 0.4) is 0 Å². The van der Waals surface area contributed by atoms with Gasteiger partial charge in [0.1, 0.15) is 5.60 Å². The molecule has 0 bridgehead atoms. The molecule has 0 unspecified atom stereocenters. The molecule has 0 aliphatic heterocycles. The summed E-state index contributed by atoms with van der Waals surface area (Å²) in [7, 11) is 0. The molecule has 1 aromatic rings. The first-order chi connectivity index (χ1) is 7.55. The molecular weight excluding hydrogens is 204 g/mol. The van der Waals surface area contributed by atoms with Crippen LogP contribution in [0.25, 0.3) is 0 Å². The molecule has 0 aliphatic rings. The Kier molecular flexibility index (Phi) is 3.93. The van der Waals surface area contributed by atoms with Gasteiger partial charge in [0.15, 0.2) is 0 Å². The zero-order chi connectivity index (χ0) is 12.2. The molecule has 0 saturated heterocycles. The topological polar surface area (TPSA) is 39.4 Å². The number of carbonyl (C=O) groups excluding carboxylic acids is 1. The van der Waals surface area contributed by atoms with Crippen molar-refractivity contribution in [3.05, 3.63) is 36.3 Å². The molecule has 3 heteroatoms. The van der Waals surface area contributed by atoms with E-state index in [1.165, 1.54) is 0 Å². The first-order valence-electron chi connectivity index (χ1n) is 5.47. The highest BCUT2D eigenvalue weighted by Crippen LogP contribution is 2.34. The van der Waals surface area contributed by atoms with Crippen LogP contribution in [0.2, 0.25) is 0 Å². The number of rotatable bonds is 5. The van der Waals surface area contributed by atoms with Crippen LogP contribution in [-0.2, 0) is 15.1 Å². The number of esters is 1. The van der Waals surface area contributed by atoms with E-state index in [0.717, 1.165) is 5.56 Å². The van der Waals surface area contributed by atoms with E-state index in [4.69, 9.17) is 9.15 Å². The lowest BCUT2D eigenvalue weighted by molar-refractivity contribution is -0.157. The maximum Gasteiger partial charge on any atom is 0.333 e. The molecule has 0 radical (unpaired) electrons. The number of carbonyl (C=O) groups is 1. The van der Waals surface area contributed by atoms with E-state index < -0.39 is 5.60 Å². The predicted molar refractivity (Wildman–Crippen MR) is 61.9 cm³/mol. The molecule has 0 saturated carbocycles. The van der Waals surface area contributed by atoms with Gasteiger partial charge in [0.05, 0.1) is 12.5 Å². The SMILES string of the molecule is C=C(C)C(=O)OC(CC)(CC)c1ccoc1. The molecule has 1 rings (SSSR count). The fourth-order valence-corrected chi connectivity index (χ4v) is 1.65. The van der Waals surface area contributed by atoms with Gasteiger partial charge in [-0.25, -0.2) is 4.79 Å². The lowest BCUT2D eigenvalue weighted by Gasteiger charge is -2.30. The lowest BCUT2D eigenvalue weighted by atomic mass is 9.90. The number of furan rings is 1. The van der Waals surface area contributed by atoms with E-state index in [2.05, 4.69) is 6.58 Å². The maximum absolute atomic E-state index is 11.6. The van der Waals surface area contributed by atoms with Gasteiger partial charge < -0.3 is 9.15 Å². The summed E-state index contributed by atoms with van der Waals surface area (Å²) in [6, 6.07) is 1.83. The predicted octanol–water partition coefficient (Wildman–Crippen LogP) is 3.41. The third kappa shape index (κ3) is 2.35. The highest BCUT2D eigenvalue weighted by Gasteiger charge is 2.33. The van der Waals surface area contributed by atoms with Crippen molar-refractivity contribution >= 4 is 5.97 Å². The van der Waals surface area contributed by atoms with E-state index in [1.54, 1.807) is 19.5 Å². The van der Waals surface area contributed by atoms with Crippen molar-refractivity contribution in [2.75, 3.05) is 0 Å². The molecular formula is C13H18O3. The Hall–Kier alpha value is -1.51. The van der Waals surface area contributed by atoms with E-state index in [-0.39, 0.29) is 5.97 Å². The molecule has 1 heterocycles. The van der Waals surface area contributed by atoms with Crippen LogP contribution in [0.5, 0.6) is 0 Å². The monoisotopic (exact) mass is 222 g/mol. The number of hydrogen-bond acceptors (Lipinski definition) is 3. The van der Waals surface area contributed by atoms with Gasteiger partial charge in [0, 0.05) is 11.1 Å². The number of hydrogen-bond donors (Lipinski definition) is 0. The quantitative estimate of drug-likeness (QED) is 0.566. The minimum absolute atomic E-state index is 0.357. The Morgan fingerprint density at radius 1 is 1.50 bits per heavy atom. The van der Waals surface area contributed by atoms with Crippen molar-refractivity contribution < 1.29 is 13.9 Å². The summed E-state index contributed by atoms with van der Waals surface area (Å²) in [6.45, 7) is 9.21. The van der Waals surface area contributed by atoms with Crippen LogP contribution in [0.1, 0.15) is 39.2 Å². The molecule has 0 atom stereocenters. The molecule has 1 aromatic heterocycles. The number of ether oxygens (including phenoxy) is 1. The molecule has 0 amide bonds.